The third-order valence-electron chi connectivity index (χ3n) is 4.20. The zero-order valence-corrected chi connectivity index (χ0v) is 10.1. The summed E-state index contributed by atoms with van der Waals surface area (Å²) in [6.07, 6.45) is 1.07. The number of rotatable bonds is 0. The smallest absolute Gasteiger partial charge is 0.248 e. The Balaban J connectivity index is 2.00. The Hall–Kier alpha value is -2.03. The topological polar surface area (TPSA) is 42.1 Å². The molecule has 90 valence electrons. The molecule has 2 unspecified atom stereocenters. The Morgan fingerprint density at radius 1 is 1.22 bits per heavy atom. The van der Waals surface area contributed by atoms with Crippen molar-refractivity contribution in [3.05, 3.63) is 58.0 Å². The van der Waals surface area contributed by atoms with E-state index in [0.717, 1.165) is 23.6 Å². The second-order valence-electron chi connectivity index (χ2n) is 5.38. The van der Waals surface area contributed by atoms with Crippen LogP contribution in [-0.2, 0) is 5.41 Å². The maximum absolute atomic E-state index is 11.5. The van der Waals surface area contributed by atoms with Gasteiger partial charge in [0.05, 0.1) is 5.69 Å². The molecule has 3 nitrogen and oxygen atoms in total. The van der Waals surface area contributed by atoms with E-state index in [9.17, 15) is 4.79 Å². The fourth-order valence-electron chi connectivity index (χ4n) is 3.04. The fourth-order valence-corrected chi connectivity index (χ4v) is 3.04. The van der Waals surface area contributed by atoms with Gasteiger partial charge in [-0.3, -0.25) is 4.79 Å². The Bertz CT molecular complexity index is 704. The van der Waals surface area contributed by atoms with Crippen LogP contribution in [0.3, 0.4) is 0 Å². The molecule has 1 N–H and O–H groups in total. The number of aromatic amines is 1. The zero-order valence-electron chi connectivity index (χ0n) is 10.1. The Morgan fingerprint density at radius 2 is 2.06 bits per heavy atom. The predicted octanol–water partition coefficient (Wildman–Crippen LogP) is 2.93. The summed E-state index contributed by atoms with van der Waals surface area (Å²) >= 11 is 0. The standard InChI is InChI=1S/C15H13NO2/c1-15-8-10(15)9-4-2-3-5-11(9)18-12-6-7-13(17)16-14(12)15/h2-7,10H,8H2,1H3,(H,16,17). The van der Waals surface area contributed by atoms with E-state index in [1.807, 2.05) is 18.2 Å². The molecule has 1 aliphatic heterocycles. The number of nitrogens with one attached hydrogen (secondary N) is 1. The van der Waals surface area contributed by atoms with Gasteiger partial charge in [0.2, 0.25) is 5.56 Å². The molecule has 1 aliphatic carbocycles. The summed E-state index contributed by atoms with van der Waals surface area (Å²) in [5, 5.41) is 0. The number of para-hydroxylation sites is 1. The average Bonchev–Trinajstić information content (AvgIpc) is 3.06. The number of fused-ring (bicyclic) bond motifs is 5. The lowest BCUT2D eigenvalue weighted by atomic mass is 9.97. The highest BCUT2D eigenvalue weighted by Crippen LogP contribution is 2.64. The number of pyridine rings is 1. The third kappa shape index (κ3) is 1.16. The molecule has 0 amide bonds. The van der Waals surface area contributed by atoms with Crippen molar-refractivity contribution >= 4 is 0 Å². The van der Waals surface area contributed by atoms with E-state index in [4.69, 9.17) is 4.74 Å². The lowest BCUT2D eigenvalue weighted by Gasteiger charge is -2.12. The number of benzene rings is 1. The lowest BCUT2D eigenvalue weighted by molar-refractivity contribution is 0.469. The number of ether oxygens (including phenoxy) is 1. The van der Waals surface area contributed by atoms with Crippen LogP contribution in [0.25, 0.3) is 0 Å². The average molecular weight is 239 g/mol. The molecule has 18 heavy (non-hydrogen) atoms. The second kappa shape index (κ2) is 3.05. The Kier molecular flexibility index (Phi) is 1.68. The van der Waals surface area contributed by atoms with Crippen LogP contribution in [0.2, 0.25) is 0 Å². The SMILES string of the molecule is CC12CC1c1ccccc1Oc1ccc(=O)[nH]c12. The predicted molar refractivity (Wildman–Crippen MR) is 68.3 cm³/mol. The lowest BCUT2D eigenvalue weighted by Crippen LogP contribution is -2.14. The molecule has 1 saturated carbocycles. The first-order valence-corrected chi connectivity index (χ1v) is 6.19. The molecule has 1 fully saturated rings. The highest BCUT2D eigenvalue weighted by Gasteiger charge is 2.56. The highest BCUT2D eigenvalue weighted by atomic mass is 16.5. The van der Waals surface area contributed by atoms with Crippen molar-refractivity contribution in [1.82, 2.24) is 4.98 Å². The van der Waals surface area contributed by atoms with E-state index < -0.39 is 0 Å². The minimum atomic E-state index is -0.0600. The normalized spacial score (nSPS) is 27.3. The number of aromatic nitrogens is 1. The number of hydrogen-bond acceptors (Lipinski definition) is 2. The molecule has 0 bridgehead atoms. The Morgan fingerprint density at radius 3 is 2.94 bits per heavy atom. The molecule has 4 rings (SSSR count). The maximum Gasteiger partial charge on any atom is 0.248 e. The van der Waals surface area contributed by atoms with Crippen LogP contribution in [-0.4, -0.2) is 4.98 Å². The Labute approximate surface area is 104 Å². The first-order chi connectivity index (χ1) is 8.68. The van der Waals surface area contributed by atoms with E-state index in [-0.39, 0.29) is 11.0 Å². The third-order valence-corrected chi connectivity index (χ3v) is 4.20. The summed E-state index contributed by atoms with van der Waals surface area (Å²) in [5.74, 6) is 2.15. The van der Waals surface area contributed by atoms with Gasteiger partial charge in [-0.2, -0.15) is 0 Å². The van der Waals surface area contributed by atoms with Crippen LogP contribution in [0.1, 0.15) is 30.5 Å². The van der Waals surface area contributed by atoms with Crippen LogP contribution in [0.5, 0.6) is 11.5 Å². The van der Waals surface area contributed by atoms with Crippen molar-refractivity contribution in [1.29, 1.82) is 0 Å². The van der Waals surface area contributed by atoms with Gasteiger partial charge in [-0.1, -0.05) is 25.1 Å². The monoisotopic (exact) mass is 239 g/mol. The van der Waals surface area contributed by atoms with Crippen LogP contribution >= 0.6 is 0 Å². The van der Waals surface area contributed by atoms with Crippen LogP contribution in [0, 0.1) is 0 Å². The molecule has 1 aromatic heterocycles. The molecular weight excluding hydrogens is 226 g/mol. The van der Waals surface area contributed by atoms with Gasteiger partial charge in [-0.25, -0.2) is 0 Å². The molecular formula is C15H13NO2. The number of H-pyrrole nitrogens is 1. The van der Waals surface area contributed by atoms with Gasteiger partial charge in [-0.05, 0) is 30.0 Å². The van der Waals surface area contributed by atoms with Crippen molar-refractivity contribution < 1.29 is 4.74 Å². The van der Waals surface area contributed by atoms with Crippen LogP contribution in [0.15, 0.2) is 41.2 Å². The van der Waals surface area contributed by atoms with Gasteiger partial charge in [-0.15, -0.1) is 0 Å². The molecule has 0 radical (unpaired) electrons. The minimum absolute atomic E-state index is 0.0162. The van der Waals surface area contributed by atoms with E-state index in [1.54, 1.807) is 6.07 Å². The fraction of sp³-hybridized carbons (Fsp3) is 0.267. The molecule has 2 aromatic rings. The summed E-state index contributed by atoms with van der Waals surface area (Å²) in [6.45, 7) is 2.19. The first-order valence-electron chi connectivity index (χ1n) is 6.19. The molecule has 1 aromatic carbocycles. The molecule has 2 aliphatic rings. The van der Waals surface area contributed by atoms with Gasteiger partial charge in [0.15, 0.2) is 0 Å². The summed E-state index contributed by atoms with van der Waals surface area (Å²) in [7, 11) is 0. The van der Waals surface area contributed by atoms with E-state index in [0.29, 0.717) is 5.92 Å². The second-order valence-corrected chi connectivity index (χ2v) is 5.38. The van der Waals surface area contributed by atoms with E-state index in [1.165, 1.54) is 11.6 Å². The van der Waals surface area contributed by atoms with E-state index in [2.05, 4.69) is 18.0 Å². The summed E-state index contributed by atoms with van der Waals surface area (Å²) < 4.78 is 5.95. The molecule has 0 saturated heterocycles. The first kappa shape index (κ1) is 9.95. The zero-order chi connectivity index (χ0) is 12.3. The molecule has 2 heterocycles. The number of hydrogen-bond donors (Lipinski definition) is 1. The highest BCUT2D eigenvalue weighted by molar-refractivity contribution is 5.54. The minimum Gasteiger partial charge on any atom is -0.455 e. The summed E-state index contributed by atoms with van der Waals surface area (Å²) in [4.78, 5) is 14.5. The van der Waals surface area contributed by atoms with Crippen molar-refractivity contribution in [2.24, 2.45) is 0 Å². The van der Waals surface area contributed by atoms with Crippen molar-refractivity contribution in [2.75, 3.05) is 0 Å². The van der Waals surface area contributed by atoms with Gasteiger partial charge in [0, 0.05) is 11.5 Å². The van der Waals surface area contributed by atoms with Crippen molar-refractivity contribution in [2.45, 2.75) is 24.7 Å². The van der Waals surface area contributed by atoms with Crippen LogP contribution < -0.4 is 10.3 Å². The molecule has 3 heteroatoms. The van der Waals surface area contributed by atoms with Crippen molar-refractivity contribution in [3.63, 3.8) is 0 Å². The largest absolute Gasteiger partial charge is 0.455 e. The van der Waals surface area contributed by atoms with Crippen LogP contribution in [0.4, 0.5) is 0 Å². The molecule has 2 atom stereocenters. The maximum atomic E-state index is 11.5. The van der Waals surface area contributed by atoms with Gasteiger partial charge < -0.3 is 9.72 Å². The van der Waals surface area contributed by atoms with Crippen molar-refractivity contribution in [3.8, 4) is 11.5 Å². The van der Waals surface area contributed by atoms with Gasteiger partial charge in [0.1, 0.15) is 11.5 Å². The summed E-state index contributed by atoms with van der Waals surface area (Å²) in [5.41, 5.74) is 2.14. The summed E-state index contributed by atoms with van der Waals surface area (Å²) in [6, 6.07) is 11.4. The van der Waals surface area contributed by atoms with E-state index >= 15 is 0 Å². The molecule has 0 spiro atoms. The quantitative estimate of drug-likeness (QED) is 0.768. The van der Waals surface area contributed by atoms with Gasteiger partial charge in [0.25, 0.3) is 0 Å². The van der Waals surface area contributed by atoms with Gasteiger partial charge >= 0.3 is 0 Å².